The lowest BCUT2D eigenvalue weighted by Gasteiger charge is -2.20. The van der Waals surface area contributed by atoms with Gasteiger partial charge in [-0.05, 0) is 39.0 Å². The van der Waals surface area contributed by atoms with E-state index >= 15 is 0 Å². The molecule has 21 heavy (non-hydrogen) atoms. The Labute approximate surface area is 135 Å². The van der Waals surface area contributed by atoms with Crippen molar-refractivity contribution in [1.82, 2.24) is 10.3 Å². The fourth-order valence-electron chi connectivity index (χ4n) is 1.63. The maximum atomic E-state index is 5.97. The van der Waals surface area contributed by atoms with Gasteiger partial charge in [-0.1, -0.05) is 29.3 Å². The van der Waals surface area contributed by atoms with Crippen LogP contribution >= 0.6 is 23.2 Å². The summed E-state index contributed by atoms with van der Waals surface area (Å²) in [6.07, 6.45) is 0. The summed E-state index contributed by atoms with van der Waals surface area (Å²) in [5.74, 6) is 1.14. The van der Waals surface area contributed by atoms with E-state index in [2.05, 4.69) is 31.1 Å². The molecule has 0 radical (unpaired) electrons. The lowest BCUT2D eigenvalue weighted by molar-refractivity contribution is 0.416. The highest BCUT2D eigenvalue weighted by Crippen LogP contribution is 2.28. The van der Waals surface area contributed by atoms with Gasteiger partial charge in [0.15, 0.2) is 0 Å². The van der Waals surface area contributed by atoms with Crippen molar-refractivity contribution in [3.63, 3.8) is 0 Å². The minimum Gasteiger partial charge on any atom is -0.439 e. The number of halogens is 2. The SMILES string of the molecule is CC(C)(C)NCc1cccc(Oc2ccc(Cl)c(Cl)c2)n1. The highest BCUT2D eigenvalue weighted by Gasteiger charge is 2.09. The van der Waals surface area contributed by atoms with Crippen LogP contribution in [-0.2, 0) is 6.54 Å². The molecule has 5 heteroatoms. The van der Waals surface area contributed by atoms with Gasteiger partial charge in [0.1, 0.15) is 5.75 Å². The van der Waals surface area contributed by atoms with Gasteiger partial charge in [0.2, 0.25) is 5.88 Å². The van der Waals surface area contributed by atoms with E-state index in [9.17, 15) is 0 Å². The predicted molar refractivity (Wildman–Crippen MR) is 87.4 cm³/mol. The molecule has 112 valence electrons. The molecule has 0 aliphatic carbocycles. The molecule has 1 aromatic heterocycles. The Hall–Kier alpha value is -1.29. The summed E-state index contributed by atoms with van der Waals surface area (Å²) in [6.45, 7) is 7.03. The number of hydrogen-bond acceptors (Lipinski definition) is 3. The van der Waals surface area contributed by atoms with Gasteiger partial charge in [-0.15, -0.1) is 0 Å². The Kier molecular flexibility index (Phi) is 5.09. The van der Waals surface area contributed by atoms with Crippen molar-refractivity contribution in [2.45, 2.75) is 32.9 Å². The molecule has 0 amide bonds. The molecule has 1 aromatic carbocycles. The number of benzene rings is 1. The number of aromatic nitrogens is 1. The summed E-state index contributed by atoms with van der Waals surface area (Å²) in [5, 5.41) is 4.35. The number of rotatable bonds is 4. The molecule has 1 heterocycles. The molecule has 1 N–H and O–H groups in total. The van der Waals surface area contributed by atoms with Crippen LogP contribution in [0, 0.1) is 0 Å². The zero-order chi connectivity index (χ0) is 15.5. The number of hydrogen-bond donors (Lipinski definition) is 1. The Morgan fingerprint density at radius 2 is 1.86 bits per heavy atom. The zero-order valence-corrected chi connectivity index (χ0v) is 13.8. The van der Waals surface area contributed by atoms with Crippen LogP contribution in [-0.4, -0.2) is 10.5 Å². The Balaban J connectivity index is 2.08. The van der Waals surface area contributed by atoms with E-state index in [1.807, 2.05) is 18.2 Å². The van der Waals surface area contributed by atoms with Gasteiger partial charge in [-0.25, -0.2) is 4.98 Å². The summed E-state index contributed by atoms with van der Waals surface area (Å²) in [4.78, 5) is 4.46. The van der Waals surface area contributed by atoms with E-state index in [0.29, 0.717) is 28.2 Å². The average Bonchev–Trinajstić information content (AvgIpc) is 2.40. The lowest BCUT2D eigenvalue weighted by atomic mass is 10.1. The first-order chi connectivity index (χ1) is 9.83. The summed E-state index contributed by atoms with van der Waals surface area (Å²) in [6, 6.07) is 10.8. The third kappa shape index (κ3) is 5.20. The summed E-state index contributed by atoms with van der Waals surface area (Å²) >= 11 is 11.9. The van der Waals surface area contributed by atoms with Crippen LogP contribution in [0.25, 0.3) is 0 Å². The molecule has 0 saturated heterocycles. The third-order valence-corrected chi connectivity index (χ3v) is 3.43. The Morgan fingerprint density at radius 1 is 1.10 bits per heavy atom. The van der Waals surface area contributed by atoms with Gasteiger partial charge in [0.25, 0.3) is 0 Å². The molecule has 0 fully saturated rings. The van der Waals surface area contributed by atoms with Crippen LogP contribution in [0.4, 0.5) is 0 Å². The van der Waals surface area contributed by atoms with Crippen molar-refractivity contribution in [2.75, 3.05) is 0 Å². The number of ether oxygens (including phenoxy) is 1. The van der Waals surface area contributed by atoms with E-state index < -0.39 is 0 Å². The molecule has 0 aliphatic rings. The number of nitrogens with one attached hydrogen (secondary N) is 1. The molecule has 0 aliphatic heterocycles. The van der Waals surface area contributed by atoms with Crippen molar-refractivity contribution < 1.29 is 4.74 Å². The maximum Gasteiger partial charge on any atom is 0.219 e. The van der Waals surface area contributed by atoms with Crippen LogP contribution < -0.4 is 10.1 Å². The second kappa shape index (κ2) is 6.65. The van der Waals surface area contributed by atoms with Crippen molar-refractivity contribution in [3.05, 3.63) is 52.1 Å². The van der Waals surface area contributed by atoms with E-state index in [1.54, 1.807) is 18.2 Å². The van der Waals surface area contributed by atoms with Crippen molar-refractivity contribution >= 4 is 23.2 Å². The zero-order valence-electron chi connectivity index (χ0n) is 12.3. The minimum absolute atomic E-state index is 0.0439. The first kappa shape index (κ1) is 16.1. The molecule has 0 saturated carbocycles. The molecule has 0 spiro atoms. The highest BCUT2D eigenvalue weighted by molar-refractivity contribution is 6.42. The minimum atomic E-state index is 0.0439. The van der Waals surface area contributed by atoms with Crippen LogP contribution in [0.3, 0.4) is 0 Å². The van der Waals surface area contributed by atoms with Gasteiger partial charge in [-0.3, -0.25) is 0 Å². The number of nitrogens with zero attached hydrogens (tertiary/aromatic N) is 1. The molecule has 0 unspecified atom stereocenters. The molecule has 0 atom stereocenters. The van der Waals surface area contributed by atoms with E-state index in [-0.39, 0.29) is 5.54 Å². The molecular weight excluding hydrogens is 307 g/mol. The summed E-state index contributed by atoms with van der Waals surface area (Å²) < 4.78 is 5.70. The molecule has 0 bridgehead atoms. The predicted octanol–water partition coefficient (Wildman–Crippen LogP) is 5.07. The average molecular weight is 325 g/mol. The summed E-state index contributed by atoms with van der Waals surface area (Å²) in [5.41, 5.74) is 0.963. The van der Waals surface area contributed by atoms with Crippen LogP contribution in [0.1, 0.15) is 26.5 Å². The number of pyridine rings is 1. The topological polar surface area (TPSA) is 34.1 Å². The van der Waals surface area contributed by atoms with Gasteiger partial charge in [-0.2, -0.15) is 0 Å². The molecule has 3 nitrogen and oxygen atoms in total. The Bertz CT molecular complexity index is 624. The van der Waals surface area contributed by atoms with Crippen LogP contribution in [0.15, 0.2) is 36.4 Å². The fraction of sp³-hybridized carbons (Fsp3) is 0.312. The molecule has 2 aromatic rings. The molecule has 2 rings (SSSR count). The van der Waals surface area contributed by atoms with Crippen molar-refractivity contribution in [3.8, 4) is 11.6 Å². The first-order valence-corrected chi connectivity index (χ1v) is 7.43. The Morgan fingerprint density at radius 3 is 2.52 bits per heavy atom. The van der Waals surface area contributed by atoms with Crippen LogP contribution in [0.2, 0.25) is 10.0 Å². The summed E-state index contributed by atoms with van der Waals surface area (Å²) in [7, 11) is 0. The van der Waals surface area contributed by atoms with Crippen LogP contribution in [0.5, 0.6) is 11.6 Å². The quantitative estimate of drug-likeness (QED) is 0.852. The van der Waals surface area contributed by atoms with Gasteiger partial charge < -0.3 is 10.1 Å². The van der Waals surface area contributed by atoms with E-state index in [4.69, 9.17) is 27.9 Å². The monoisotopic (exact) mass is 324 g/mol. The highest BCUT2D eigenvalue weighted by atomic mass is 35.5. The normalized spacial score (nSPS) is 11.5. The molecular formula is C16H18Cl2N2O. The maximum absolute atomic E-state index is 5.97. The largest absolute Gasteiger partial charge is 0.439 e. The first-order valence-electron chi connectivity index (χ1n) is 6.67. The fourth-order valence-corrected chi connectivity index (χ4v) is 1.92. The second-order valence-electron chi connectivity index (χ2n) is 5.75. The smallest absolute Gasteiger partial charge is 0.219 e. The second-order valence-corrected chi connectivity index (χ2v) is 6.56. The lowest BCUT2D eigenvalue weighted by Crippen LogP contribution is -2.35. The third-order valence-electron chi connectivity index (χ3n) is 2.69. The van der Waals surface area contributed by atoms with Crippen molar-refractivity contribution in [1.29, 1.82) is 0 Å². The van der Waals surface area contributed by atoms with Gasteiger partial charge >= 0.3 is 0 Å². The standard InChI is InChI=1S/C16H18Cl2N2O/c1-16(2,3)19-10-11-5-4-6-15(20-11)21-12-7-8-13(17)14(18)9-12/h4-9,19H,10H2,1-3H3. The van der Waals surface area contributed by atoms with E-state index in [1.165, 1.54) is 0 Å². The van der Waals surface area contributed by atoms with E-state index in [0.717, 1.165) is 5.69 Å². The van der Waals surface area contributed by atoms with Crippen molar-refractivity contribution in [2.24, 2.45) is 0 Å². The van der Waals surface area contributed by atoms with Gasteiger partial charge in [0, 0.05) is 24.2 Å². The van der Waals surface area contributed by atoms with Gasteiger partial charge in [0.05, 0.1) is 15.7 Å².